The summed E-state index contributed by atoms with van der Waals surface area (Å²) in [5.41, 5.74) is 6.09. The molecule has 0 unspecified atom stereocenters. The molecule has 140 valence electrons. The Balaban J connectivity index is 1.95. The smallest absolute Gasteiger partial charge is 0.236 e. The van der Waals surface area contributed by atoms with Gasteiger partial charge < -0.3 is 0 Å². The highest BCUT2D eigenvalue weighted by molar-refractivity contribution is 7.89. The van der Waals surface area contributed by atoms with E-state index < -0.39 is 10.0 Å². The largest absolute Gasteiger partial charge is 0.238 e. The zero-order chi connectivity index (χ0) is 19.8. The molecule has 8 heteroatoms. The van der Waals surface area contributed by atoms with Crippen molar-refractivity contribution in [1.82, 2.24) is 9.78 Å². The van der Waals surface area contributed by atoms with Gasteiger partial charge in [-0.1, -0.05) is 6.07 Å². The highest BCUT2D eigenvalue weighted by Gasteiger charge is 2.14. The fourth-order valence-corrected chi connectivity index (χ4v) is 3.22. The molecule has 0 aliphatic carbocycles. The molecule has 2 aromatic carbocycles. The fourth-order valence-electron chi connectivity index (χ4n) is 2.70. The van der Waals surface area contributed by atoms with Gasteiger partial charge in [0, 0.05) is 0 Å². The van der Waals surface area contributed by atoms with Crippen molar-refractivity contribution < 1.29 is 8.42 Å². The first-order valence-electron chi connectivity index (χ1n) is 8.35. The van der Waals surface area contributed by atoms with E-state index >= 15 is 0 Å². The molecule has 0 saturated heterocycles. The van der Waals surface area contributed by atoms with Crippen molar-refractivity contribution >= 4 is 21.4 Å². The molecule has 2 N–H and O–H groups in total. The number of aryl methyl sites for hydroxylation is 3. The van der Waals surface area contributed by atoms with E-state index in [9.17, 15) is 8.42 Å². The molecule has 0 spiro atoms. The van der Waals surface area contributed by atoms with Gasteiger partial charge in [0.05, 0.1) is 27.7 Å². The number of hydrogen-bond acceptors (Lipinski definition) is 5. The van der Waals surface area contributed by atoms with E-state index in [0.29, 0.717) is 5.69 Å². The lowest BCUT2D eigenvalue weighted by Gasteiger charge is -2.05. The highest BCUT2D eigenvalue weighted by Crippen LogP contribution is 2.28. The number of rotatable bonds is 4. The number of hydrogen-bond donors (Lipinski definition) is 1. The van der Waals surface area contributed by atoms with Crippen LogP contribution in [-0.4, -0.2) is 18.2 Å². The van der Waals surface area contributed by atoms with Crippen LogP contribution in [0.3, 0.4) is 0 Å². The van der Waals surface area contributed by atoms with Crippen LogP contribution in [0.5, 0.6) is 0 Å². The molecule has 1 aromatic heterocycles. The van der Waals surface area contributed by atoms with E-state index in [0.717, 1.165) is 28.3 Å². The van der Waals surface area contributed by atoms with Gasteiger partial charge in [0.25, 0.3) is 0 Å². The van der Waals surface area contributed by atoms with E-state index in [4.69, 9.17) is 5.14 Å². The summed E-state index contributed by atoms with van der Waals surface area (Å²) < 4.78 is 24.5. The van der Waals surface area contributed by atoms with E-state index in [1.54, 1.807) is 16.8 Å². The molecule has 0 atom stereocenters. The Morgan fingerprint density at radius 1 is 0.926 bits per heavy atom. The van der Waals surface area contributed by atoms with Gasteiger partial charge >= 0.3 is 0 Å². The van der Waals surface area contributed by atoms with Gasteiger partial charge in [-0.2, -0.15) is 10.2 Å². The number of sulfonamides is 1. The van der Waals surface area contributed by atoms with E-state index in [2.05, 4.69) is 22.3 Å². The first-order chi connectivity index (χ1) is 12.7. The van der Waals surface area contributed by atoms with Gasteiger partial charge in [0.1, 0.15) is 5.69 Å². The monoisotopic (exact) mass is 383 g/mol. The van der Waals surface area contributed by atoms with Crippen molar-refractivity contribution in [1.29, 1.82) is 0 Å². The minimum atomic E-state index is -3.72. The summed E-state index contributed by atoms with van der Waals surface area (Å²) in [7, 11) is -3.72. The van der Waals surface area contributed by atoms with Crippen LogP contribution in [0.1, 0.15) is 22.5 Å². The zero-order valence-electron chi connectivity index (χ0n) is 15.6. The third kappa shape index (κ3) is 3.96. The quantitative estimate of drug-likeness (QED) is 0.684. The minimum absolute atomic E-state index is 0.0578. The van der Waals surface area contributed by atoms with Crippen LogP contribution in [0.4, 0.5) is 11.4 Å². The number of benzene rings is 2. The van der Waals surface area contributed by atoms with Gasteiger partial charge in [-0.3, -0.25) is 0 Å². The molecule has 0 amide bonds. The molecule has 7 nitrogen and oxygen atoms in total. The number of azo groups is 1. The molecule has 0 radical (unpaired) electrons. The molecule has 0 bridgehead atoms. The van der Waals surface area contributed by atoms with Crippen molar-refractivity contribution in [2.75, 3.05) is 0 Å². The second-order valence-corrected chi connectivity index (χ2v) is 8.00. The summed E-state index contributed by atoms with van der Waals surface area (Å²) in [5.74, 6) is 0. The van der Waals surface area contributed by atoms with E-state index in [1.807, 2.05) is 39.0 Å². The third-order valence-electron chi connectivity index (χ3n) is 4.42. The molecular formula is C19H21N5O2S. The number of nitrogens with zero attached hydrogens (tertiary/aromatic N) is 4. The molecule has 0 aliphatic rings. The average Bonchev–Trinajstić information content (AvgIpc) is 2.89. The Kier molecular flexibility index (Phi) is 4.95. The van der Waals surface area contributed by atoms with Gasteiger partial charge in [-0.05, 0) is 75.2 Å². The number of aromatic nitrogens is 2. The van der Waals surface area contributed by atoms with Crippen molar-refractivity contribution in [2.45, 2.75) is 32.6 Å². The molecule has 3 rings (SSSR count). The summed E-state index contributed by atoms with van der Waals surface area (Å²) >= 11 is 0. The van der Waals surface area contributed by atoms with Crippen LogP contribution >= 0.6 is 0 Å². The maximum absolute atomic E-state index is 11.4. The fraction of sp³-hybridized carbons (Fsp3) is 0.211. The standard InChI is InChI=1S/C19H21N5O2S/c1-12-5-6-16(11-13(12)2)21-22-19-14(3)23-24(15(19)4)17-7-9-18(10-8-17)27(20,25)26/h5-11H,1-4H3,(H2,20,25,26). The number of nitrogens with two attached hydrogens (primary N) is 1. The average molecular weight is 383 g/mol. The predicted octanol–water partition coefficient (Wildman–Crippen LogP) is 4.17. The first kappa shape index (κ1) is 18.9. The lowest BCUT2D eigenvalue weighted by atomic mass is 10.1. The molecular weight excluding hydrogens is 362 g/mol. The second-order valence-electron chi connectivity index (χ2n) is 6.44. The molecule has 3 aromatic rings. The summed E-state index contributed by atoms with van der Waals surface area (Å²) in [6.07, 6.45) is 0. The zero-order valence-corrected chi connectivity index (χ0v) is 16.4. The molecule has 0 saturated carbocycles. The highest BCUT2D eigenvalue weighted by atomic mass is 32.2. The molecule has 0 fully saturated rings. The van der Waals surface area contributed by atoms with Crippen molar-refractivity contribution in [2.24, 2.45) is 15.4 Å². The van der Waals surface area contributed by atoms with Crippen LogP contribution in [0, 0.1) is 27.7 Å². The Morgan fingerprint density at radius 2 is 1.59 bits per heavy atom. The van der Waals surface area contributed by atoms with Gasteiger partial charge in [0.15, 0.2) is 0 Å². The van der Waals surface area contributed by atoms with E-state index in [1.165, 1.54) is 17.7 Å². The van der Waals surface area contributed by atoms with Crippen molar-refractivity contribution in [3.63, 3.8) is 0 Å². The first-order valence-corrected chi connectivity index (χ1v) is 9.90. The van der Waals surface area contributed by atoms with Gasteiger partial charge in [0.2, 0.25) is 10.0 Å². The second kappa shape index (κ2) is 7.05. The minimum Gasteiger partial charge on any atom is -0.236 e. The molecule has 1 heterocycles. The maximum atomic E-state index is 11.4. The van der Waals surface area contributed by atoms with Gasteiger partial charge in [-0.15, -0.1) is 5.11 Å². The number of primary sulfonamides is 1. The van der Waals surface area contributed by atoms with Crippen LogP contribution < -0.4 is 5.14 Å². The Bertz CT molecular complexity index is 1130. The van der Waals surface area contributed by atoms with Crippen molar-refractivity contribution in [3.8, 4) is 5.69 Å². The normalized spacial score (nSPS) is 12.0. The Morgan fingerprint density at radius 3 is 2.19 bits per heavy atom. The molecule has 0 aliphatic heterocycles. The van der Waals surface area contributed by atoms with Crippen LogP contribution in [0.15, 0.2) is 57.6 Å². The van der Waals surface area contributed by atoms with Crippen molar-refractivity contribution in [3.05, 3.63) is 65.0 Å². The van der Waals surface area contributed by atoms with E-state index in [-0.39, 0.29) is 4.90 Å². The summed E-state index contributed by atoms with van der Waals surface area (Å²) in [5, 5.41) is 18.3. The predicted molar refractivity (Wildman–Crippen MR) is 105 cm³/mol. The topological polar surface area (TPSA) is 103 Å². The summed E-state index contributed by atoms with van der Waals surface area (Å²) in [6, 6.07) is 12.1. The molecule has 27 heavy (non-hydrogen) atoms. The summed E-state index contributed by atoms with van der Waals surface area (Å²) in [6.45, 7) is 7.84. The SMILES string of the molecule is Cc1ccc(N=Nc2c(C)nn(-c3ccc(S(N)(=O)=O)cc3)c2C)cc1C. The van der Waals surface area contributed by atoms with Crippen LogP contribution in [0.2, 0.25) is 0 Å². The maximum Gasteiger partial charge on any atom is 0.238 e. The van der Waals surface area contributed by atoms with Crippen LogP contribution in [0.25, 0.3) is 5.69 Å². The lowest BCUT2D eigenvalue weighted by molar-refractivity contribution is 0.598. The lowest BCUT2D eigenvalue weighted by Crippen LogP contribution is -2.12. The van der Waals surface area contributed by atoms with Gasteiger partial charge in [-0.25, -0.2) is 18.2 Å². The van der Waals surface area contributed by atoms with Crippen LogP contribution in [-0.2, 0) is 10.0 Å². The third-order valence-corrected chi connectivity index (χ3v) is 5.35. The Hall–Kier alpha value is -2.84. The Labute approximate surface area is 158 Å². The summed E-state index contributed by atoms with van der Waals surface area (Å²) in [4.78, 5) is 0.0578.